The highest BCUT2D eigenvalue weighted by atomic mass is 79.9. The minimum absolute atomic E-state index is 0.143. The van der Waals surface area contributed by atoms with Gasteiger partial charge < -0.3 is 16.0 Å². The summed E-state index contributed by atoms with van der Waals surface area (Å²) in [4.78, 5) is 16.4. The molecule has 132 valence electrons. The molecule has 0 aliphatic rings. The first kappa shape index (κ1) is 20.2. The second-order valence-corrected chi connectivity index (χ2v) is 8.46. The van der Waals surface area contributed by atoms with Crippen molar-refractivity contribution in [2.24, 2.45) is 0 Å². The van der Waals surface area contributed by atoms with E-state index in [4.69, 9.17) is 47.0 Å². The molecule has 0 saturated heterocycles. The molecule has 0 radical (unpaired) electrons. The van der Waals surface area contributed by atoms with E-state index in [0.717, 1.165) is 4.47 Å². The summed E-state index contributed by atoms with van der Waals surface area (Å²) in [6, 6.07) is 12.1. The molecule has 1 aromatic heterocycles. The van der Waals surface area contributed by atoms with Gasteiger partial charge in [-0.3, -0.25) is 4.79 Å². The number of carbonyl (C=O) groups is 1. The van der Waals surface area contributed by atoms with Crippen molar-refractivity contribution in [3.63, 3.8) is 0 Å². The molecule has 1 aromatic carbocycles. The molecule has 2 aromatic rings. The Labute approximate surface area is 173 Å². The van der Waals surface area contributed by atoms with E-state index >= 15 is 0 Å². The smallest absolute Gasteiger partial charge is 0.253 e. The van der Waals surface area contributed by atoms with Crippen LogP contribution in [0.15, 0.2) is 53.1 Å². The van der Waals surface area contributed by atoms with Crippen LogP contribution >= 0.6 is 63.0 Å². The first-order valence-corrected chi connectivity index (χ1v) is 9.21. The monoisotopic (exact) mass is 480 g/mol. The summed E-state index contributed by atoms with van der Waals surface area (Å²) in [6.45, 7) is 0. The first-order valence-electron chi connectivity index (χ1n) is 6.87. The molecule has 10 heteroatoms. The van der Waals surface area contributed by atoms with Crippen LogP contribution in [-0.4, -0.2) is 26.0 Å². The van der Waals surface area contributed by atoms with Crippen molar-refractivity contribution in [2.45, 2.75) is 9.96 Å². The van der Waals surface area contributed by atoms with Gasteiger partial charge in [0, 0.05) is 16.2 Å². The zero-order valence-electron chi connectivity index (χ0n) is 12.5. The highest BCUT2D eigenvalue weighted by Gasteiger charge is 2.35. The number of alkyl halides is 3. The summed E-state index contributed by atoms with van der Waals surface area (Å²) in [5.74, 6) is 0.0899. The second-order valence-electron chi connectivity index (χ2n) is 4.77. The Kier molecular flexibility index (Phi) is 7.27. The van der Waals surface area contributed by atoms with E-state index < -0.39 is 15.9 Å². The average molecular weight is 483 g/mol. The van der Waals surface area contributed by atoms with Crippen LogP contribution in [0.2, 0.25) is 0 Å². The quantitative estimate of drug-likeness (QED) is 0.345. The molecule has 0 bridgehead atoms. The normalized spacial score (nSPS) is 12.2. The lowest BCUT2D eigenvalue weighted by Crippen LogP contribution is -2.56. The summed E-state index contributed by atoms with van der Waals surface area (Å²) in [7, 11) is 0. The van der Waals surface area contributed by atoms with Crippen molar-refractivity contribution in [3.8, 4) is 0 Å². The zero-order valence-corrected chi connectivity index (χ0v) is 17.1. The summed E-state index contributed by atoms with van der Waals surface area (Å²) in [6.07, 6.45) is 0.541. The van der Waals surface area contributed by atoms with Crippen molar-refractivity contribution in [3.05, 3.63) is 58.7 Å². The standard InChI is InChI=1S/C15H12BrCl3N4OS/c16-10-5-3-4-9(8-10)12(24)22-13(15(17,18)19)23-14(25)21-11-6-1-2-7-20-11/h1-8,13H,(H,22,24)(H2,20,21,23,25)/t13-/m1/s1. The predicted molar refractivity (Wildman–Crippen MR) is 109 cm³/mol. The average Bonchev–Trinajstić information content (AvgIpc) is 2.54. The van der Waals surface area contributed by atoms with E-state index in [-0.39, 0.29) is 5.11 Å². The van der Waals surface area contributed by atoms with Crippen LogP contribution in [-0.2, 0) is 0 Å². The molecule has 0 unspecified atom stereocenters. The molecule has 25 heavy (non-hydrogen) atoms. The van der Waals surface area contributed by atoms with Crippen molar-refractivity contribution in [1.82, 2.24) is 15.6 Å². The summed E-state index contributed by atoms with van der Waals surface area (Å²) < 4.78 is -1.08. The van der Waals surface area contributed by atoms with Gasteiger partial charge in [-0.1, -0.05) is 62.9 Å². The molecule has 0 saturated carbocycles. The molecule has 1 heterocycles. The third-order valence-electron chi connectivity index (χ3n) is 2.87. The SMILES string of the molecule is O=C(N[C@H](NC(=S)Nc1ccccn1)C(Cl)(Cl)Cl)c1cccc(Br)c1. The van der Waals surface area contributed by atoms with E-state index in [1.54, 1.807) is 48.7 Å². The van der Waals surface area contributed by atoms with Gasteiger partial charge in [0.2, 0.25) is 3.79 Å². The van der Waals surface area contributed by atoms with Crippen LogP contribution in [0.4, 0.5) is 5.82 Å². The van der Waals surface area contributed by atoms with Gasteiger partial charge in [-0.2, -0.15) is 0 Å². The number of amides is 1. The Balaban J connectivity index is 2.06. The Morgan fingerprint density at radius 3 is 2.52 bits per heavy atom. The second kappa shape index (κ2) is 9.00. The summed E-state index contributed by atoms with van der Waals surface area (Å²) >= 11 is 26.3. The van der Waals surface area contributed by atoms with Gasteiger partial charge in [0.1, 0.15) is 12.0 Å². The van der Waals surface area contributed by atoms with E-state index in [1.165, 1.54) is 0 Å². The maximum absolute atomic E-state index is 12.4. The fraction of sp³-hybridized carbons (Fsp3) is 0.133. The van der Waals surface area contributed by atoms with Crippen LogP contribution in [0.3, 0.4) is 0 Å². The molecule has 3 N–H and O–H groups in total. The van der Waals surface area contributed by atoms with Gasteiger partial charge in [0.05, 0.1) is 0 Å². The minimum Gasteiger partial charge on any atom is -0.339 e. The lowest BCUT2D eigenvalue weighted by Gasteiger charge is -2.27. The summed E-state index contributed by atoms with van der Waals surface area (Å²) in [5.41, 5.74) is 0.402. The van der Waals surface area contributed by atoms with Crippen LogP contribution in [0.1, 0.15) is 10.4 Å². The lowest BCUT2D eigenvalue weighted by atomic mass is 10.2. The van der Waals surface area contributed by atoms with Crippen LogP contribution in [0.5, 0.6) is 0 Å². The molecule has 5 nitrogen and oxygen atoms in total. The number of halogens is 4. The van der Waals surface area contributed by atoms with Gasteiger partial charge in [-0.05, 0) is 42.5 Å². The highest BCUT2D eigenvalue weighted by Crippen LogP contribution is 2.29. The minimum atomic E-state index is -1.84. The third kappa shape index (κ3) is 6.60. The maximum atomic E-state index is 12.4. The molecule has 0 aliphatic heterocycles. The predicted octanol–water partition coefficient (Wildman–Crippen LogP) is 4.26. The number of carbonyl (C=O) groups excluding carboxylic acids is 1. The van der Waals surface area contributed by atoms with Crippen molar-refractivity contribution in [1.29, 1.82) is 0 Å². The number of rotatable bonds is 4. The van der Waals surface area contributed by atoms with Gasteiger partial charge in [-0.15, -0.1) is 0 Å². The topological polar surface area (TPSA) is 66.1 Å². The number of hydrogen-bond donors (Lipinski definition) is 3. The van der Waals surface area contributed by atoms with Crippen LogP contribution in [0, 0.1) is 0 Å². The number of hydrogen-bond acceptors (Lipinski definition) is 3. The number of nitrogens with zero attached hydrogens (tertiary/aromatic N) is 1. The number of pyridine rings is 1. The molecular weight excluding hydrogens is 471 g/mol. The number of nitrogens with one attached hydrogen (secondary N) is 3. The number of thiocarbonyl (C=S) groups is 1. The third-order valence-corrected chi connectivity index (χ3v) is 4.24. The van der Waals surface area contributed by atoms with E-state index in [9.17, 15) is 4.79 Å². The molecular formula is C15H12BrCl3N4OS. The molecule has 1 atom stereocenters. The molecule has 1 amide bonds. The fourth-order valence-electron chi connectivity index (χ4n) is 1.76. The van der Waals surface area contributed by atoms with Gasteiger partial charge in [0.15, 0.2) is 5.11 Å². The Hall–Kier alpha value is -1.12. The number of anilines is 1. The molecule has 0 spiro atoms. The largest absolute Gasteiger partial charge is 0.339 e. The van der Waals surface area contributed by atoms with Crippen molar-refractivity contribution >= 4 is 79.8 Å². The highest BCUT2D eigenvalue weighted by molar-refractivity contribution is 9.10. The molecule has 0 aliphatic carbocycles. The Bertz CT molecular complexity index is 758. The van der Waals surface area contributed by atoms with Crippen LogP contribution < -0.4 is 16.0 Å². The van der Waals surface area contributed by atoms with Gasteiger partial charge in [0.25, 0.3) is 5.91 Å². The van der Waals surface area contributed by atoms with Crippen molar-refractivity contribution in [2.75, 3.05) is 5.32 Å². The fourth-order valence-corrected chi connectivity index (χ4v) is 2.71. The Morgan fingerprint density at radius 1 is 1.16 bits per heavy atom. The van der Waals surface area contributed by atoms with Crippen LogP contribution in [0.25, 0.3) is 0 Å². The Morgan fingerprint density at radius 2 is 1.92 bits per heavy atom. The zero-order chi connectivity index (χ0) is 18.4. The van der Waals surface area contributed by atoms with Crippen molar-refractivity contribution < 1.29 is 4.79 Å². The number of benzene rings is 1. The number of aromatic nitrogens is 1. The lowest BCUT2D eigenvalue weighted by molar-refractivity contribution is 0.0934. The molecule has 2 rings (SSSR count). The first-order chi connectivity index (χ1) is 11.8. The van der Waals surface area contributed by atoms with Gasteiger partial charge in [-0.25, -0.2) is 4.98 Å². The van der Waals surface area contributed by atoms with Gasteiger partial charge >= 0.3 is 0 Å². The summed E-state index contributed by atoms with van der Waals surface area (Å²) in [5, 5.41) is 8.35. The maximum Gasteiger partial charge on any atom is 0.253 e. The van der Waals surface area contributed by atoms with E-state index in [0.29, 0.717) is 11.4 Å². The molecule has 0 fully saturated rings. The van der Waals surface area contributed by atoms with E-state index in [1.807, 2.05) is 0 Å². The van der Waals surface area contributed by atoms with E-state index in [2.05, 4.69) is 36.9 Å².